The highest BCUT2D eigenvalue weighted by Gasteiger charge is 2.18. The summed E-state index contributed by atoms with van der Waals surface area (Å²) in [5, 5.41) is 3.30. The van der Waals surface area contributed by atoms with Gasteiger partial charge < -0.3 is 10.2 Å². The van der Waals surface area contributed by atoms with E-state index >= 15 is 0 Å². The molecule has 1 unspecified atom stereocenters. The fourth-order valence-electron chi connectivity index (χ4n) is 1.73. The van der Waals surface area contributed by atoms with Gasteiger partial charge in [0, 0.05) is 13.5 Å². The van der Waals surface area contributed by atoms with Gasteiger partial charge in [-0.2, -0.15) is 0 Å². The van der Waals surface area contributed by atoms with Crippen molar-refractivity contribution in [2.24, 2.45) is 5.92 Å². The Kier molecular flexibility index (Phi) is 4.48. The summed E-state index contributed by atoms with van der Waals surface area (Å²) in [5.74, 6) is 3.14. The van der Waals surface area contributed by atoms with Crippen molar-refractivity contribution in [1.29, 1.82) is 0 Å². The van der Waals surface area contributed by atoms with Gasteiger partial charge in [0.15, 0.2) is 0 Å². The monoisotopic (exact) mass is 194 g/mol. The lowest BCUT2D eigenvalue weighted by Crippen LogP contribution is -2.35. The number of nitrogens with zero attached hydrogens (tertiary/aromatic N) is 1. The van der Waals surface area contributed by atoms with Crippen LogP contribution in [0.4, 0.5) is 0 Å². The Morgan fingerprint density at radius 3 is 3.07 bits per heavy atom. The van der Waals surface area contributed by atoms with Crippen molar-refractivity contribution in [1.82, 2.24) is 10.2 Å². The highest BCUT2D eigenvalue weighted by atomic mass is 16.2. The van der Waals surface area contributed by atoms with Crippen LogP contribution < -0.4 is 5.32 Å². The normalized spacial score (nSPS) is 21.3. The van der Waals surface area contributed by atoms with Crippen molar-refractivity contribution in [3.05, 3.63) is 0 Å². The Bertz CT molecular complexity index is 226. The number of piperidine rings is 1. The first-order valence-corrected chi connectivity index (χ1v) is 5.12. The van der Waals surface area contributed by atoms with Crippen LogP contribution in [0.25, 0.3) is 0 Å². The van der Waals surface area contributed by atoms with Crippen LogP contribution in [0.5, 0.6) is 0 Å². The predicted molar refractivity (Wildman–Crippen MR) is 56.7 cm³/mol. The number of amides is 1. The van der Waals surface area contributed by atoms with Gasteiger partial charge in [0.1, 0.15) is 0 Å². The molecule has 0 aromatic heterocycles. The van der Waals surface area contributed by atoms with Crippen molar-refractivity contribution in [2.75, 3.05) is 26.7 Å². The third kappa shape index (κ3) is 3.39. The maximum absolute atomic E-state index is 11.6. The minimum absolute atomic E-state index is 0.164. The van der Waals surface area contributed by atoms with Gasteiger partial charge in [-0.05, 0) is 31.8 Å². The Labute approximate surface area is 85.9 Å². The van der Waals surface area contributed by atoms with E-state index in [0.29, 0.717) is 18.9 Å². The molecule has 0 aliphatic carbocycles. The first-order valence-electron chi connectivity index (χ1n) is 5.12. The third-order valence-corrected chi connectivity index (χ3v) is 2.62. The van der Waals surface area contributed by atoms with Gasteiger partial charge in [0.05, 0.1) is 6.54 Å². The van der Waals surface area contributed by atoms with Gasteiger partial charge in [-0.25, -0.2) is 0 Å². The van der Waals surface area contributed by atoms with Crippen LogP contribution in [0.3, 0.4) is 0 Å². The maximum Gasteiger partial charge on any atom is 0.223 e. The second kappa shape index (κ2) is 5.66. The van der Waals surface area contributed by atoms with Gasteiger partial charge in [-0.15, -0.1) is 6.42 Å². The van der Waals surface area contributed by atoms with E-state index < -0.39 is 0 Å². The van der Waals surface area contributed by atoms with Gasteiger partial charge >= 0.3 is 0 Å². The molecule has 0 spiro atoms. The number of rotatable bonds is 3. The highest BCUT2D eigenvalue weighted by Crippen LogP contribution is 2.14. The fraction of sp³-hybridized carbons (Fsp3) is 0.727. The molecule has 0 bridgehead atoms. The molecule has 0 aromatic carbocycles. The highest BCUT2D eigenvalue weighted by molar-refractivity contribution is 5.76. The minimum Gasteiger partial charge on any atom is -0.335 e. The topological polar surface area (TPSA) is 32.3 Å². The third-order valence-electron chi connectivity index (χ3n) is 2.62. The second-order valence-corrected chi connectivity index (χ2v) is 3.87. The Hall–Kier alpha value is -1.01. The van der Waals surface area contributed by atoms with Crippen LogP contribution in [0.15, 0.2) is 0 Å². The summed E-state index contributed by atoms with van der Waals surface area (Å²) in [7, 11) is 1.76. The second-order valence-electron chi connectivity index (χ2n) is 3.87. The zero-order valence-corrected chi connectivity index (χ0v) is 8.75. The summed E-state index contributed by atoms with van der Waals surface area (Å²) in [6.45, 7) is 2.47. The molecule has 1 rings (SSSR count). The van der Waals surface area contributed by atoms with Crippen LogP contribution in [0.1, 0.15) is 19.3 Å². The molecule has 1 aliphatic rings. The van der Waals surface area contributed by atoms with E-state index in [1.165, 1.54) is 6.42 Å². The van der Waals surface area contributed by atoms with Crippen LogP contribution in [-0.4, -0.2) is 37.5 Å². The number of carbonyl (C=O) groups excluding carboxylic acids is 1. The number of nitrogens with one attached hydrogen (secondary N) is 1. The standard InChI is InChI=1S/C11H18N2O/c1-3-7-13(2)11(14)8-10-5-4-6-12-9-10/h1,10,12H,4-9H2,2H3. The lowest BCUT2D eigenvalue weighted by Gasteiger charge is -2.24. The molecule has 1 atom stereocenters. The lowest BCUT2D eigenvalue weighted by molar-refractivity contribution is -0.130. The summed E-state index contributed by atoms with van der Waals surface area (Å²) in [5.41, 5.74) is 0. The van der Waals surface area contributed by atoms with E-state index in [-0.39, 0.29) is 5.91 Å². The molecule has 0 aromatic rings. The van der Waals surface area contributed by atoms with Gasteiger partial charge in [0.2, 0.25) is 5.91 Å². The summed E-state index contributed by atoms with van der Waals surface area (Å²) in [4.78, 5) is 13.2. The van der Waals surface area contributed by atoms with Gasteiger partial charge in [0.25, 0.3) is 0 Å². The molecule has 1 heterocycles. The van der Waals surface area contributed by atoms with Crippen molar-refractivity contribution < 1.29 is 4.79 Å². The maximum atomic E-state index is 11.6. The molecule has 1 amide bonds. The quantitative estimate of drug-likeness (QED) is 0.662. The fourth-order valence-corrected chi connectivity index (χ4v) is 1.73. The molecule has 3 nitrogen and oxygen atoms in total. The SMILES string of the molecule is C#CCN(C)C(=O)CC1CCCNC1. The zero-order chi connectivity index (χ0) is 10.4. The van der Waals surface area contributed by atoms with Crippen LogP contribution in [0, 0.1) is 18.3 Å². The average Bonchev–Trinajstić information content (AvgIpc) is 2.19. The predicted octanol–water partition coefficient (Wildman–Crippen LogP) is 0.468. The van der Waals surface area contributed by atoms with Crippen LogP contribution in [0.2, 0.25) is 0 Å². The van der Waals surface area contributed by atoms with Crippen molar-refractivity contribution in [3.63, 3.8) is 0 Å². The Balaban J connectivity index is 2.28. The average molecular weight is 194 g/mol. The molecule has 1 fully saturated rings. The molecule has 0 saturated carbocycles. The summed E-state index contributed by atoms with van der Waals surface area (Å²) >= 11 is 0. The largest absolute Gasteiger partial charge is 0.335 e. The van der Waals surface area contributed by atoms with Crippen LogP contribution in [-0.2, 0) is 4.79 Å². The molecular weight excluding hydrogens is 176 g/mol. The molecule has 78 valence electrons. The first kappa shape index (κ1) is 11.1. The summed E-state index contributed by atoms with van der Waals surface area (Å²) in [6.07, 6.45) is 8.11. The molecule has 0 radical (unpaired) electrons. The van der Waals surface area contributed by atoms with E-state index in [2.05, 4.69) is 11.2 Å². The van der Waals surface area contributed by atoms with E-state index in [0.717, 1.165) is 19.5 Å². The van der Waals surface area contributed by atoms with E-state index in [4.69, 9.17) is 6.42 Å². The van der Waals surface area contributed by atoms with Crippen molar-refractivity contribution >= 4 is 5.91 Å². The minimum atomic E-state index is 0.164. The summed E-state index contributed by atoms with van der Waals surface area (Å²) in [6, 6.07) is 0. The number of hydrogen-bond acceptors (Lipinski definition) is 2. The smallest absolute Gasteiger partial charge is 0.223 e. The van der Waals surface area contributed by atoms with Crippen molar-refractivity contribution in [3.8, 4) is 12.3 Å². The summed E-state index contributed by atoms with van der Waals surface area (Å²) < 4.78 is 0. The van der Waals surface area contributed by atoms with Crippen LogP contribution >= 0.6 is 0 Å². The molecule has 1 saturated heterocycles. The number of hydrogen-bond donors (Lipinski definition) is 1. The van der Waals surface area contributed by atoms with Crippen molar-refractivity contribution in [2.45, 2.75) is 19.3 Å². The molecule has 1 aliphatic heterocycles. The lowest BCUT2D eigenvalue weighted by atomic mass is 9.96. The van der Waals surface area contributed by atoms with E-state index in [1.807, 2.05) is 0 Å². The van der Waals surface area contributed by atoms with E-state index in [9.17, 15) is 4.79 Å². The molecule has 3 heteroatoms. The molecule has 14 heavy (non-hydrogen) atoms. The zero-order valence-electron chi connectivity index (χ0n) is 8.75. The Morgan fingerprint density at radius 1 is 1.71 bits per heavy atom. The number of carbonyl (C=O) groups is 1. The molecule has 1 N–H and O–H groups in total. The van der Waals surface area contributed by atoms with Gasteiger partial charge in [-0.1, -0.05) is 5.92 Å². The first-order chi connectivity index (χ1) is 6.74. The van der Waals surface area contributed by atoms with Gasteiger partial charge in [-0.3, -0.25) is 4.79 Å². The number of terminal acetylenes is 1. The molecular formula is C11H18N2O. The Morgan fingerprint density at radius 2 is 2.50 bits per heavy atom. The van der Waals surface area contributed by atoms with E-state index in [1.54, 1.807) is 11.9 Å².